The van der Waals surface area contributed by atoms with E-state index in [0.717, 1.165) is 18.4 Å². The molecule has 0 spiro atoms. The van der Waals surface area contributed by atoms with Crippen LogP contribution in [0.1, 0.15) is 53.0 Å². The van der Waals surface area contributed by atoms with Crippen molar-refractivity contribution in [3.05, 3.63) is 41.7 Å². The predicted octanol–water partition coefficient (Wildman–Crippen LogP) is 4.02. The maximum atomic E-state index is 13.1. The van der Waals surface area contributed by atoms with Crippen LogP contribution in [0.3, 0.4) is 0 Å². The van der Waals surface area contributed by atoms with Crippen LogP contribution in [-0.2, 0) is 14.3 Å². The molecule has 0 saturated carbocycles. The normalized spacial score (nSPS) is 16.9. The lowest BCUT2D eigenvalue weighted by atomic mass is 9.85. The second-order valence-corrected chi connectivity index (χ2v) is 6.92. The molecule has 2 rings (SSSR count). The molecule has 0 aliphatic carbocycles. The van der Waals surface area contributed by atoms with E-state index in [4.69, 9.17) is 4.74 Å². The Labute approximate surface area is 144 Å². The number of benzene rings is 1. The third-order valence-electron chi connectivity index (χ3n) is 4.73. The molecule has 1 aromatic carbocycles. The molecule has 0 radical (unpaired) electrons. The van der Waals surface area contributed by atoms with Crippen molar-refractivity contribution in [3.8, 4) is 0 Å². The standard InChI is InChI=1S/C20H27NO3/c1-6-10-14(2)18(22)20(4,5)21-13-24-15(3)17(19(21)23)16-11-8-7-9-12-16/h7-9,11-12,14H,6,10,13H2,1-5H3. The van der Waals surface area contributed by atoms with Crippen LogP contribution in [0.15, 0.2) is 36.1 Å². The first kappa shape index (κ1) is 18.2. The Bertz CT molecular complexity index is 646. The first-order chi connectivity index (χ1) is 11.3. The highest BCUT2D eigenvalue weighted by molar-refractivity contribution is 6.21. The van der Waals surface area contributed by atoms with E-state index in [0.29, 0.717) is 11.3 Å². The molecule has 0 saturated heterocycles. The number of amides is 1. The minimum Gasteiger partial charge on any atom is -0.477 e. The predicted molar refractivity (Wildman–Crippen MR) is 95.0 cm³/mol. The third kappa shape index (κ3) is 3.37. The number of hydrogen-bond donors (Lipinski definition) is 0. The van der Waals surface area contributed by atoms with Crippen molar-refractivity contribution in [3.63, 3.8) is 0 Å². The molecule has 0 N–H and O–H groups in total. The number of nitrogens with zero attached hydrogens (tertiary/aromatic N) is 1. The van der Waals surface area contributed by atoms with Gasteiger partial charge >= 0.3 is 0 Å². The van der Waals surface area contributed by atoms with Crippen molar-refractivity contribution >= 4 is 17.3 Å². The summed E-state index contributed by atoms with van der Waals surface area (Å²) in [5.41, 5.74) is 0.451. The molecule has 24 heavy (non-hydrogen) atoms. The first-order valence-corrected chi connectivity index (χ1v) is 8.56. The molecule has 1 amide bonds. The van der Waals surface area contributed by atoms with Crippen LogP contribution in [0.2, 0.25) is 0 Å². The van der Waals surface area contributed by atoms with Crippen molar-refractivity contribution in [2.45, 2.75) is 53.0 Å². The lowest BCUT2D eigenvalue weighted by Gasteiger charge is -2.41. The molecule has 1 unspecified atom stereocenters. The van der Waals surface area contributed by atoms with E-state index in [9.17, 15) is 9.59 Å². The summed E-state index contributed by atoms with van der Waals surface area (Å²) in [4.78, 5) is 27.5. The van der Waals surface area contributed by atoms with Gasteiger partial charge in [-0.3, -0.25) is 14.5 Å². The summed E-state index contributed by atoms with van der Waals surface area (Å²) in [6.07, 6.45) is 1.77. The van der Waals surface area contributed by atoms with Gasteiger partial charge in [0.15, 0.2) is 12.5 Å². The third-order valence-corrected chi connectivity index (χ3v) is 4.73. The Kier molecular flexibility index (Phi) is 5.47. The molecule has 130 valence electrons. The molecule has 1 aliphatic rings. The number of ether oxygens (including phenoxy) is 1. The van der Waals surface area contributed by atoms with Gasteiger partial charge in [0.05, 0.1) is 11.1 Å². The zero-order valence-electron chi connectivity index (χ0n) is 15.3. The van der Waals surface area contributed by atoms with Gasteiger partial charge in [0, 0.05) is 5.92 Å². The molecule has 0 bridgehead atoms. The highest BCUT2D eigenvalue weighted by atomic mass is 16.5. The van der Waals surface area contributed by atoms with Gasteiger partial charge in [-0.1, -0.05) is 50.6 Å². The van der Waals surface area contributed by atoms with Crippen LogP contribution < -0.4 is 0 Å². The van der Waals surface area contributed by atoms with E-state index in [1.165, 1.54) is 0 Å². The Morgan fingerprint density at radius 3 is 2.50 bits per heavy atom. The Balaban J connectivity index is 2.33. The first-order valence-electron chi connectivity index (χ1n) is 8.56. The highest BCUT2D eigenvalue weighted by Crippen LogP contribution is 2.32. The Morgan fingerprint density at radius 1 is 1.29 bits per heavy atom. The fourth-order valence-electron chi connectivity index (χ4n) is 3.22. The van der Waals surface area contributed by atoms with Gasteiger partial charge in [-0.15, -0.1) is 0 Å². The van der Waals surface area contributed by atoms with Crippen LogP contribution in [0.25, 0.3) is 5.57 Å². The topological polar surface area (TPSA) is 46.6 Å². The summed E-state index contributed by atoms with van der Waals surface area (Å²) in [5.74, 6) is 0.456. The van der Waals surface area contributed by atoms with Gasteiger partial charge < -0.3 is 4.74 Å². The minimum absolute atomic E-state index is 0.0771. The van der Waals surface area contributed by atoms with E-state index in [2.05, 4.69) is 6.92 Å². The average molecular weight is 329 g/mol. The fourth-order valence-corrected chi connectivity index (χ4v) is 3.22. The van der Waals surface area contributed by atoms with Crippen molar-refractivity contribution < 1.29 is 14.3 Å². The molecule has 4 nitrogen and oxygen atoms in total. The van der Waals surface area contributed by atoms with Gasteiger partial charge in [0.2, 0.25) is 0 Å². The second-order valence-electron chi connectivity index (χ2n) is 6.92. The summed E-state index contributed by atoms with van der Waals surface area (Å²) in [6, 6.07) is 9.46. The Morgan fingerprint density at radius 2 is 1.92 bits per heavy atom. The number of rotatable bonds is 6. The maximum Gasteiger partial charge on any atom is 0.261 e. The van der Waals surface area contributed by atoms with Crippen molar-refractivity contribution in [1.82, 2.24) is 4.90 Å². The van der Waals surface area contributed by atoms with Crippen LogP contribution in [-0.4, -0.2) is 28.9 Å². The van der Waals surface area contributed by atoms with Crippen molar-refractivity contribution in [2.24, 2.45) is 5.92 Å². The minimum atomic E-state index is -0.896. The molecule has 1 atom stereocenters. The lowest BCUT2D eigenvalue weighted by molar-refractivity contribution is -0.150. The molecule has 0 fully saturated rings. The summed E-state index contributed by atoms with van der Waals surface area (Å²) < 4.78 is 5.74. The summed E-state index contributed by atoms with van der Waals surface area (Å²) in [5, 5.41) is 0. The van der Waals surface area contributed by atoms with Crippen LogP contribution in [0.5, 0.6) is 0 Å². The van der Waals surface area contributed by atoms with E-state index in [1.54, 1.807) is 11.8 Å². The van der Waals surface area contributed by atoms with Crippen LogP contribution in [0, 0.1) is 5.92 Å². The fraction of sp³-hybridized carbons (Fsp3) is 0.500. The number of allylic oxidation sites excluding steroid dienone is 1. The lowest BCUT2D eigenvalue weighted by Crippen LogP contribution is -2.56. The Hall–Kier alpha value is -2.10. The second kappa shape index (κ2) is 7.20. The quantitative estimate of drug-likeness (QED) is 0.792. The smallest absolute Gasteiger partial charge is 0.261 e. The summed E-state index contributed by atoms with van der Waals surface area (Å²) >= 11 is 0. The number of carbonyl (C=O) groups is 2. The number of Topliss-reactive ketones (excluding diaryl/α,β-unsaturated/α-hetero) is 1. The maximum absolute atomic E-state index is 13.1. The molecular formula is C20H27NO3. The molecular weight excluding hydrogens is 302 g/mol. The zero-order chi connectivity index (χ0) is 17.9. The summed E-state index contributed by atoms with van der Waals surface area (Å²) in [6.45, 7) is 9.52. The number of carbonyl (C=O) groups excluding carboxylic acids is 2. The van der Waals surface area contributed by atoms with Crippen LogP contribution in [0.4, 0.5) is 0 Å². The van der Waals surface area contributed by atoms with Gasteiger partial charge in [-0.25, -0.2) is 0 Å². The molecule has 1 aliphatic heterocycles. The molecule has 4 heteroatoms. The number of ketones is 1. The molecule has 0 aromatic heterocycles. The van der Waals surface area contributed by atoms with Gasteiger partial charge in [-0.05, 0) is 32.8 Å². The van der Waals surface area contributed by atoms with Gasteiger partial charge in [-0.2, -0.15) is 0 Å². The van der Waals surface area contributed by atoms with Crippen molar-refractivity contribution in [2.75, 3.05) is 6.73 Å². The number of hydrogen-bond acceptors (Lipinski definition) is 3. The SMILES string of the molecule is CCCC(C)C(=O)C(C)(C)N1COC(C)=C(c2ccccc2)C1=O. The van der Waals surface area contributed by atoms with E-state index in [1.807, 2.05) is 51.1 Å². The highest BCUT2D eigenvalue weighted by Gasteiger charge is 2.43. The van der Waals surface area contributed by atoms with E-state index in [-0.39, 0.29) is 24.3 Å². The van der Waals surface area contributed by atoms with Crippen LogP contribution >= 0.6 is 0 Å². The zero-order valence-corrected chi connectivity index (χ0v) is 15.3. The van der Waals surface area contributed by atoms with Crippen molar-refractivity contribution in [1.29, 1.82) is 0 Å². The monoisotopic (exact) mass is 329 g/mol. The van der Waals surface area contributed by atoms with Gasteiger partial charge in [0.25, 0.3) is 5.91 Å². The largest absolute Gasteiger partial charge is 0.477 e. The summed E-state index contributed by atoms with van der Waals surface area (Å²) in [7, 11) is 0. The van der Waals surface area contributed by atoms with E-state index >= 15 is 0 Å². The van der Waals surface area contributed by atoms with E-state index < -0.39 is 5.54 Å². The molecule has 1 heterocycles. The van der Waals surface area contributed by atoms with Gasteiger partial charge in [0.1, 0.15) is 5.76 Å². The molecule has 1 aromatic rings. The average Bonchev–Trinajstić information content (AvgIpc) is 2.55.